The second kappa shape index (κ2) is 7.72. The quantitative estimate of drug-likeness (QED) is 0.835. The first-order chi connectivity index (χ1) is 12.0. The number of piperidine rings is 1. The van der Waals surface area contributed by atoms with Gasteiger partial charge in [0, 0.05) is 36.6 Å². The molecule has 0 bridgehead atoms. The minimum atomic E-state index is 0.341. The molecule has 2 N–H and O–H groups in total. The Morgan fingerprint density at radius 1 is 1.04 bits per heavy atom. The summed E-state index contributed by atoms with van der Waals surface area (Å²) in [5, 5.41) is 6.72. The zero-order chi connectivity index (χ0) is 17.8. The van der Waals surface area contributed by atoms with Crippen LogP contribution < -0.4 is 15.5 Å². The van der Waals surface area contributed by atoms with Gasteiger partial charge in [0.1, 0.15) is 17.5 Å². The highest BCUT2D eigenvalue weighted by molar-refractivity contribution is 5.62. The topological polar surface area (TPSA) is 53.1 Å². The standard InChI is InChI=1S/C20H29N5/c1-14(2)21-19-13-20(23-16(4)22-19)24-17-5-7-18(8-6-17)25-11-9-15(3)10-12-25/h5-8,13-15H,9-12H2,1-4H3,(H2,21,22,23,24). The normalized spacial score (nSPS) is 15.5. The van der Waals surface area contributed by atoms with Crippen molar-refractivity contribution in [3.8, 4) is 0 Å². The van der Waals surface area contributed by atoms with E-state index in [4.69, 9.17) is 0 Å². The van der Waals surface area contributed by atoms with Gasteiger partial charge in [-0.05, 0) is 63.8 Å². The lowest BCUT2D eigenvalue weighted by Gasteiger charge is -2.32. The van der Waals surface area contributed by atoms with Crippen LogP contribution in [-0.2, 0) is 0 Å². The number of anilines is 4. The summed E-state index contributed by atoms with van der Waals surface area (Å²) in [7, 11) is 0. The van der Waals surface area contributed by atoms with Crippen molar-refractivity contribution < 1.29 is 0 Å². The van der Waals surface area contributed by atoms with Gasteiger partial charge < -0.3 is 15.5 Å². The van der Waals surface area contributed by atoms with E-state index in [-0.39, 0.29) is 0 Å². The van der Waals surface area contributed by atoms with E-state index in [9.17, 15) is 0 Å². The summed E-state index contributed by atoms with van der Waals surface area (Å²) >= 11 is 0. The maximum Gasteiger partial charge on any atom is 0.136 e. The lowest BCUT2D eigenvalue weighted by molar-refractivity contribution is 0.438. The first-order valence-corrected chi connectivity index (χ1v) is 9.24. The molecule has 1 aliphatic rings. The Balaban J connectivity index is 1.68. The number of aromatic nitrogens is 2. The number of aryl methyl sites for hydroxylation is 1. The number of nitrogens with one attached hydrogen (secondary N) is 2. The highest BCUT2D eigenvalue weighted by atomic mass is 15.1. The first kappa shape index (κ1) is 17.5. The van der Waals surface area contributed by atoms with Crippen LogP contribution in [-0.4, -0.2) is 29.1 Å². The van der Waals surface area contributed by atoms with Crippen LogP contribution in [0.4, 0.5) is 23.0 Å². The van der Waals surface area contributed by atoms with Gasteiger partial charge in [0.05, 0.1) is 0 Å². The van der Waals surface area contributed by atoms with E-state index < -0.39 is 0 Å². The smallest absolute Gasteiger partial charge is 0.136 e. The predicted octanol–water partition coefficient (Wildman–Crippen LogP) is 4.59. The van der Waals surface area contributed by atoms with E-state index in [2.05, 4.69) is 70.5 Å². The van der Waals surface area contributed by atoms with E-state index in [0.29, 0.717) is 6.04 Å². The third-order valence-corrected chi connectivity index (χ3v) is 4.56. The van der Waals surface area contributed by atoms with Crippen molar-refractivity contribution in [2.24, 2.45) is 5.92 Å². The number of rotatable bonds is 5. The van der Waals surface area contributed by atoms with Gasteiger partial charge in [0.2, 0.25) is 0 Å². The molecule has 1 saturated heterocycles. The van der Waals surface area contributed by atoms with Gasteiger partial charge in [0.15, 0.2) is 0 Å². The molecule has 134 valence electrons. The van der Waals surface area contributed by atoms with Crippen LogP contribution in [0.15, 0.2) is 30.3 Å². The zero-order valence-electron chi connectivity index (χ0n) is 15.7. The summed E-state index contributed by atoms with van der Waals surface area (Å²) < 4.78 is 0. The summed E-state index contributed by atoms with van der Waals surface area (Å²) in [6.07, 6.45) is 2.57. The first-order valence-electron chi connectivity index (χ1n) is 9.24. The van der Waals surface area contributed by atoms with Crippen molar-refractivity contribution in [2.45, 2.75) is 46.6 Å². The lowest BCUT2D eigenvalue weighted by Crippen LogP contribution is -2.32. The van der Waals surface area contributed by atoms with E-state index in [1.54, 1.807) is 0 Å². The van der Waals surface area contributed by atoms with Gasteiger partial charge >= 0.3 is 0 Å². The summed E-state index contributed by atoms with van der Waals surface area (Å²) in [6, 6.07) is 10.9. The minimum absolute atomic E-state index is 0.341. The Morgan fingerprint density at radius 2 is 1.68 bits per heavy atom. The third-order valence-electron chi connectivity index (χ3n) is 4.56. The van der Waals surface area contributed by atoms with Crippen molar-refractivity contribution in [1.82, 2.24) is 9.97 Å². The Kier molecular flexibility index (Phi) is 5.41. The molecular formula is C20H29N5. The van der Waals surface area contributed by atoms with Gasteiger partial charge in [-0.1, -0.05) is 6.92 Å². The molecule has 2 aromatic rings. The van der Waals surface area contributed by atoms with Gasteiger partial charge in [0.25, 0.3) is 0 Å². The summed E-state index contributed by atoms with van der Waals surface area (Å²) in [5.41, 5.74) is 2.35. The van der Waals surface area contributed by atoms with Gasteiger partial charge in [-0.3, -0.25) is 0 Å². The molecule has 0 radical (unpaired) electrons. The molecule has 2 heterocycles. The molecule has 0 amide bonds. The molecule has 1 aromatic heterocycles. The van der Waals surface area contributed by atoms with Crippen molar-refractivity contribution in [3.63, 3.8) is 0 Å². The van der Waals surface area contributed by atoms with Crippen LogP contribution in [0.5, 0.6) is 0 Å². The molecular weight excluding hydrogens is 310 g/mol. The number of benzene rings is 1. The Morgan fingerprint density at radius 3 is 2.32 bits per heavy atom. The monoisotopic (exact) mass is 339 g/mol. The highest BCUT2D eigenvalue weighted by Gasteiger charge is 2.15. The largest absolute Gasteiger partial charge is 0.372 e. The average molecular weight is 339 g/mol. The van der Waals surface area contributed by atoms with Crippen LogP contribution in [0.3, 0.4) is 0 Å². The fourth-order valence-corrected chi connectivity index (χ4v) is 3.17. The van der Waals surface area contributed by atoms with Crippen molar-refractivity contribution in [1.29, 1.82) is 0 Å². The molecule has 3 rings (SSSR count). The molecule has 5 heteroatoms. The van der Waals surface area contributed by atoms with Crippen LogP contribution >= 0.6 is 0 Å². The molecule has 1 fully saturated rings. The maximum absolute atomic E-state index is 4.48. The Bertz CT molecular complexity index is 688. The maximum atomic E-state index is 4.48. The molecule has 0 saturated carbocycles. The van der Waals surface area contributed by atoms with Crippen LogP contribution in [0.25, 0.3) is 0 Å². The Hall–Kier alpha value is -2.30. The summed E-state index contributed by atoms with van der Waals surface area (Å²) in [6.45, 7) is 10.8. The number of hydrogen-bond donors (Lipinski definition) is 2. The molecule has 0 atom stereocenters. The SMILES string of the molecule is Cc1nc(Nc2ccc(N3CCC(C)CC3)cc2)cc(NC(C)C)n1. The predicted molar refractivity (Wildman–Crippen MR) is 106 cm³/mol. The van der Waals surface area contributed by atoms with E-state index >= 15 is 0 Å². The number of hydrogen-bond acceptors (Lipinski definition) is 5. The number of nitrogens with zero attached hydrogens (tertiary/aromatic N) is 3. The summed E-state index contributed by atoms with van der Waals surface area (Å²) in [5.74, 6) is 3.28. The summed E-state index contributed by atoms with van der Waals surface area (Å²) in [4.78, 5) is 11.4. The van der Waals surface area contributed by atoms with Gasteiger partial charge in [-0.2, -0.15) is 0 Å². The van der Waals surface area contributed by atoms with Crippen LogP contribution in [0.1, 0.15) is 39.4 Å². The van der Waals surface area contributed by atoms with E-state index in [1.165, 1.54) is 18.5 Å². The van der Waals surface area contributed by atoms with E-state index in [0.717, 1.165) is 42.2 Å². The molecule has 0 aliphatic carbocycles. The molecule has 0 unspecified atom stereocenters. The van der Waals surface area contributed by atoms with Crippen molar-refractivity contribution in [3.05, 3.63) is 36.2 Å². The second-order valence-corrected chi connectivity index (χ2v) is 7.33. The van der Waals surface area contributed by atoms with Gasteiger partial charge in [-0.25, -0.2) is 9.97 Å². The average Bonchev–Trinajstić information content (AvgIpc) is 2.55. The molecule has 0 spiro atoms. The van der Waals surface area contributed by atoms with Crippen molar-refractivity contribution >= 4 is 23.0 Å². The minimum Gasteiger partial charge on any atom is -0.372 e. The fourth-order valence-electron chi connectivity index (χ4n) is 3.17. The Labute approximate surface area is 150 Å². The lowest BCUT2D eigenvalue weighted by atomic mass is 9.99. The molecule has 5 nitrogen and oxygen atoms in total. The zero-order valence-corrected chi connectivity index (χ0v) is 15.7. The molecule has 1 aliphatic heterocycles. The third kappa shape index (κ3) is 4.84. The second-order valence-electron chi connectivity index (χ2n) is 7.33. The van der Waals surface area contributed by atoms with Crippen LogP contribution in [0, 0.1) is 12.8 Å². The molecule has 1 aromatic carbocycles. The van der Waals surface area contributed by atoms with E-state index in [1.807, 2.05) is 13.0 Å². The van der Waals surface area contributed by atoms with Crippen molar-refractivity contribution in [2.75, 3.05) is 28.6 Å². The highest BCUT2D eigenvalue weighted by Crippen LogP contribution is 2.25. The molecule has 25 heavy (non-hydrogen) atoms. The van der Waals surface area contributed by atoms with Gasteiger partial charge in [-0.15, -0.1) is 0 Å². The van der Waals surface area contributed by atoms with Crippen LogP contribution in [0.2, 0.25) is 0 Å². The fraction of sp³-hybridized carbons (Fsp3) is 0.500.